The molecule has 2 N–H and O–H groups in total. The molecule has 1 aromatic heterocycles. The summed E-state index contributed by atoms with van der Waals surface area (Å²) in [6, 6.07) is 2.91. The highest BCUT2D eigenvalue weighted by molar-refractivity contribution is 9.10. The maximum Gasteiger partial charge on any atom is 0.201 e. The fraction of sp³-hybridized carbons (Fsp3) is 0.417. The van der Waals surface area contributed by atoms with Gasteiger partial charge in [0.15, 0.2) is 0 Å². The van der Waals surface area contributed by atoms with Crippen molar-refractivity contribution in [1.82, 2.24) is 9.55 Å². The summed E-state index contributed by atoms with van der Waals surface area (Å²) in [5.74, 6) is 0.176. The topological polar surface area (TPSA) is 78.0 Å². The number of nitrogens with zero attached hydrogens (tertiary/aromatic N) is 2. The third kappa shape index (κ3) is 2.31. The van der Waals surface area contributed by atoms with E-state index < -0.39 is 9.84 Å². The molecular formula is C12H13BrFN3O2S. The Morgan fingerprint density at radius 1 is 1.35 bits per heavy atom. The Hall–Kier alpha value is -1.15. The molecule has 0 atom stereocenters. The Balaban J connectivity index is 2.08. The molecule has 5 nitrogen and oxygen atoms in total. The summed E-state index contributed by atoms with van der Waals surface area (Å²) in [7, 11) is -2.94. The van der Waals surface area contributed by atoms with Gasteiger partial charge in [0.25, 0.3) is 0 Å². The van der Waals surface area contributed by atoms with Gasteiger partial charge in [-0.2, -0.15) is 0 Å². The van der Waals surface area contributed by atoms with Crippen LogP contribution in [0.4, 0.5) is 10.3 Å². The molecule has 1 aliphatic heterocycles. The zero-order valence-electron chi connectivity index (χ0n) is 10.5. The fourth-order valence-corrected chi connectivity index (χ4v) is 4.43. The first kappa shape index (κ1) is 13.8. The fourth-order valence-electron chi connectivity index (χ4n) is 2.63. The molecule has 2 aromatic rings. The van der Waals surface area contributed by atoms with E-state index >= 15 is 0 Å². The SMILES string of the molecule is Nc1nc2cc(Br)c(F)cc2n1C1CCS(=O)(=O)CC1. The number of nitrogens with two attached hydrogens (primary N) is 1. The average molecular weight is 362 g/mol. The highest BCUT2D eigenvalue weighted by Gasteiger charge is 2.27. The van der Waals surface area contributed by atoms with Gasteiger partial charge in [0.1, 0.15) is 15.7 Å². The summed E-state index contributed by atoms with van der Waals surface area (Å²) < 4.78 is 38.8. The minimum atomic E-state index is -2.94. The van der Waals surface area contributed by atoms with Gasteiger partial charge in [-0.05, 0) is 34.8 Å². The lowest BCUT2D eigenvalue weighted by molar-refractivity contribution is 0.463. The molecule has 0 unspecified atom stereocenters. The molecule has 0 saturated carbocycles. The van der Waals surface area contributed by atoms with Crippen LogP contribution in [0.15, 0.2) is 16.6 Å². The second-order valence-electron chi connectivity index (χ2n) is 4.98. The predicted octanol–water partition coefficient (Wildman–Crippen LogP) is 2.27. The zero-order chi connectivity index (χ0) is 14.5. The van der Waals surface area contributed by atoms with Crippen molar-refractivity contribution in [1.29, 1.82) is 0 Å². The van der Waals surface area contributed by atoms with Crippen LogP contribution in [-0.4, -0.2) is 29.5 Å². The molecule has 108 valence electrons. The number of aromatic nitrogens is 2. The largest absolute Gasteiger partial charge is 0.369 e. The molecule has 20 heavy (non-hydrogen) atoms. The van der Waals surface area contributed by atoms with Crippen LogP contribution in [-0.2, 0) is 9.84 Å². The Bertz CT molecular complexity index is 774. The first-order valence-electron chi connectivity index (χ1n) is 6.20. The summed E-state index contributed by atoms with van der Waals surface area (Å²) in [5.41, 5.74) is 7.12. The lowest BCUT2D eigenvalue weighted by atomic mass is 10.1. The van der Waals surface area contributed by atoms with Gasteiger partial charge < -0.3 is 10.3 Å². The highest BCUT2D eigenvalue weighted by Crippen LogP contribution is 2.32. The van der Waals surface area contributed by atoms with Crippen LogP contribution >= 0.6 is 15.9 Å². The second-order valence-corrected chi connectivity index (χ2v) is 8.14. The van der Waals surface area contributed by atoms with E-state index in [1.54, 1.807) is 10.6 Å². The predicted molar refractivity (Wildman–Crippen MR) is 78.7 cm³/mol. The summed E-state index contributed by atoms with van der Waals surface area (Å²) >= 11 is 3.12. The first-order chi connectivity index (χ1) is 9.37. The number of fused-ring (bicyclic) bond motifs is 1. The van der Waals surface area contributed by atoms with Gasteiger partial charge in [-0.3, -0.25) is 0 Å². The summed E-state index contributed by atoms with van der Waals surface area (Å²) in [5, 5.41) is 0. The number of anilines is 1. The molecule has 1 fully saturated rings. The minimum absolute atomic E-state index is 0.0518. The van der Waals surface area contributed by atoms with E-state index in [2.05, 4.69) is 20.9 Å². The monoisotopic (exact) mass is 361 g/mol. The van der Waals surface area contributed by atoms with Gasteiger partial charge in [0.05, 0.1) is 27.0 Å². The number of halogens is 2. The molecule has 8 heteroatoms. The molecular weight excluding hydrogens is 349 g/mol. The maximum atomic E-state index is 13.7. The number of hydrogen-bond donors (Lipinski definition) is 1. The van der Waals surface area contributed by atoms with Crippen LogP contribution in [0.2, 0.25) is 0 Å². The zero-order valence-corrected chi connectivity index (χ0v) is 12.9. The summed E-state index contributed by atoms with van der Waals surface area (Å²) in [6.45, 7) is 0. The van der Waals surface area contributed by atoms with E-state index in [9.17, 15) is 12.8 Å². The van der Waals surface area contributed by atoms with Crippen LogP contribution in [0.5, 0.6) is 0 Å². The van der Waals surface area contributed by atoms with E-state index in [1.807, 2.05) is 0 Å². The number of sulfone groups is 1. The Labute approximate surface area is 124 Å². The maximum absolute atomic E-state index is 13.7. The van der Waals surface area contributed by atoms with Gasteiger partial charge in [-0.15, -0.1) is 0 Å². The van der Waals surface area contributed by atoms with Crippen LogP contribution in [0, 0.1) is 5.82 Å². The molecule has 0 spiro atoms. The molecule has 3 rings (SSSR count). The van der Waals surface area contributed by atoms with E-state index in [0.29, 0.717) is 34.3 Å². The molecule has 0 bridgehead atoms. The normalized spacial score (nSPS) is 19.5. The van der Waals surface area contributed by atoms with Crippen molar-refractivity contribution in [2.45, 2.75) is 18.9 Å². The highest BCUT2D eigenvalue weighted by atomic mass is 79.9. The molecule has 0 radical (unpaired) electrons. The molecule has 2 heterocycles. The number of rotatable bonds is 1. The second kappa shape index (κ2) is 4.70. The Morgan fingerprint density at radius 3 is 2.65 bits per heavy atom. The van der Waals surface area contributed by atoms with E-state index in [4.69, 9.17) is 5.73 Å². The smallest absolute Gasteiger partial charge is 0.201 e. The van der Waals surface area contributed by atoms with Gasteiger partial charge in [0, 0.05) is 12.1 Å². The van der Waals surface area contributed by atoms with E-state index in [-0.39, 0.29) is 23.4 Å². The van der Waals surface area contributed by atoms with Crippen molar-refractivity contribution in [2.75, 3.05) is 17.2 Å². The summed E-state index contributed by atoms with van der Waals surface area (Å²) in [6.07, 6.45) is 0.964. The van der Waals surface area contributed by atoms with Crippen molar-refractivity contribution in [3.63, 3.8) is 0 Å². The quantitative estimate of drug-likeness (QED) is 0.844. The van der Waals surface area contributed by atoms with Crippen molar-refractivity contribution in [3.05, 3.63) is 22.4 Å². The van der Waals surface area contributed by atoms with Gasteiger partial charge >= 0.3 is 0 Å². The van der Waals surface area contributed by atoms with E-state index in [0.717, 1.165) is 0 Å². The molecule has 1 aromatic carbocycles. The van der Waals surface area contributed by atoms with Crippen molar-refractivity contribution in [2.24, 2.45) is 0 Å². The third-order valence-electron chi connectivity index (χ3n) is 3.65. The van der Waals surface area contributed by atoms with E-state index in [1.165, 1.54) is 6.07 Å². The van der Waals surface area contributed by atoms with Crippen LogP contribution in [0.1, 0.15) is 18.9 Å². The van der Waals surface area contributed by atoms with Crippen molar-refractivity contribution >= 4 is 42.7 Å². The number of hydrogen-bond acceptors (Lipinski definition) is 4. The van der Waals surface area contributed by atoms with Crippen LogP contribution in [0.25, 0.3) is 11.0 Å². The molecule has 1 aliphatic rings. The van der Waals surface area contributed by atoms with Crippen LogP contribution < -0.4 is 5.73 Å². The van der Waals surface area contributed by atoms with Gasteiger partial charge in [-0.25, -0.2) is 17.8 Å². The first-order valence-corrected chi connectivity index (χ1v) is 8.82. The lowest BCUT2D eigenvalue weighted by Gasteiger charge is -2.24. The molecule has 1 saturated heterocycles. The van der Waals surface area contributed by atoms with Gasteiger partial charge in [0.2, 0.25) is 5.95 Å². The van der Waals surface area contributed by atoms with Gasteiger partial charge in [-0.1, -0.05) is 0 Å². The summed E-state index contributed by atoms with van der Waals surface area (Å²) in [4.78, 5) is 4.22. The lowest BCUT2D eigenvalue weighted by Crippen LogP contribution is -2.26. The average Bonchev–Trinajstić information content (AvgIpc) is 2.66. The number of benzene rings is 1. The Kier molecular flexibility index (Phi) is 3.24. The number of imidazole rings is 1. The van der Waals surface area contributed by atoms with Crippen molar-refractivity contribution in [3.8, 4) is 0 Å². The minimum Gasteiger partial charge on any atom is -0.369 e. The molecule has 0 aliphatic carbocycles. The Morgan fingerprint density at radius 2 is 2.00 bits per heavy atom. The van der Waals surface area contributed by atoms with Crippen LogP contribution in [0.3, 0.4) is 0 Å². The standard InChI is InChI=1S/C12H13BrFN3O2S/c13-8-5-10-11(6-9(8)14)17(12(15)16-10)7-1-3-20(18,19)4-2-7/h5-7H,1-4H2,(H2,15,16). The third-order valence-corrected chi connectivity index (χ3v) is 5.97. The molecule has 0 amide bonds. The van der Waals surface area contributed by atoms with Crippen molar-refractivity contribution < 1.29 is 12.8 Å². The number of nitrogen functional groups attached to an aromatic ring is 1.